The molecule has 14 heavy (non-hydrogen) atoms. The van der Waals surface area contributed by atoms with Crippen LogP contribution in [0.15, 0.2) is 0 Å². The van der Waals surface area contributed by atoms with Crippen molar-refractivity contribution in [1.82, 2.24) is 9.97 Å². The molecule has 0 aliphatic heterocycles. The van der Waals surface area contributed by atoms with Crippen molar-refractivity contribution in [2.75, 3.05) is 0 Å². The van der Waals surface area contributed by atoms with Crippen LogP contribution in [-0.2, 0) is 0 Å². The number of rotatable bonds is 2. The van der Waals surface area contributed by atoms with Gasteiger partial charge in [-0.25, -0.2) is 9.97 Å². The summed E-state index contributed by atoms with van der Waals surface area (Å²) in [6.07, 6.45) is 0. The van der Waals surface area contributed by atoms with Crippen LogP contribution in [0.5, 0.6) is 0 Å². The van der Waals surface area contributed by atoms with Gasteiger partial charge in [-0.2, -0.15) is 0 Å². The van der Waals surface area contributed by atoms with E-state index >= 15 is 0 Å². The maximum absolute atomic E-state index is 5.75. The summed E-state index contributed by atoms with van der Waals surface area (Å²) in [6, 6.07) is -0.0892. The molecule has 2 N–H and O–H groups in total. The third-order valence-corrected chi connectivity index (χ3v) is 2.33. The molecule has 1 atom stereocenters. The monoisotopic (exact) mass is 193 g/mol. The highest BCUT2D eigenvalue weighted by Gasteiger charge is 2.12. The SMILES string of the molecule is Cc1nc([C@@H](C)N)nc(C)c1C(C)C. The smallest absolute Gasteiger partial charge is 0.145 e. The summed E-state index contributed by atoms with van der Waals surface area (Å²) in [4.78, 5) is 8.84. The van der Waals surface area contributed by atoms with Crippen LogP contribution in [0.2, 0.25) is 0 Å². The van der Waals surface area contributed by atoms with Crippen LogP contribution in [0.3, 0.4) is 0 Å². The maximum Gasteiger partial charge on any atom is 0.145 e. The Balaban J connectivity index is 3.25. The van der Waals surface area contributed by atoms with E-state index in [9.17, 15) is 0 Å². The number of hydrogen-bond donors (Lipinski definition) is 1. The molecule has 1 rings (SSSR count). The zero-order chi connectivity index (χ0) is 10.9. The molecule has 0 spiro atoms. The van der Waals surface area contributed by atoms with Crippen molar-refractivity contribution in [3.63, 3.8) is 0 Å². The Hall–Kier alpha value is -0.960. The largest absolute Gasteiger partial charge is 0.322 e. The first kappa shape index (κ1) is 11.1. The standard InChI is InChI=1S/C11H19N3/c1-6(2)10-8(4)13-11(7(3)12)14-9(10)5/h6-7H,12H2,1-5H3/t7-/m1/s1. The normalized spacial score (nSPS) is 13.4. The number of aryl methyl sites for hydroxylation is 2. The first-order chi connectivity index (χ1) is 6.43. The second-order valence-electron chi connectivity index (χ2n) is 4.11. The average Bonchev–Trinajstić information content (AvgIpc) is 2.01. The fraction of sp³-hybridized carbons (Fsp3) is 0.636. The van der Waals surface area contributed by atoms with Gasteiger partial charge in [-0.3, -0.25) is 0 Å². The summed E-state index contributed by atoms with van der Waals surface area (Å²) < 4.78 is 0. The minimum atomic E-state index is -0.0892. The van der Waals surface area contributed by atoms with Crippen molar-refractivity contribution in [3.05, 3.63) is 22.8 Å². The summed E-state index contributed by atoms with van der Waals surface area (Å²) in [7, 11) is 0. The van der Waals surface area contributed by atoms with Crippen LogP contribution >= 0.6 is 0 Å². The van der Waals surface area contributed by atoms with Gasteiger partial charge in [0.05, 0.1) is 6.04 Å². The van der Waals surface area contributed by atoms with Crippen molar-refractivity contribution < 1.29 is 0 Å². The molecule has 0 radical (unpaired) electrons. The lowest BCUT2D eigenvalue weighted by Crippen LogP contribution is -2.14. The lowest BCUT2D eigenvalue weighted by atomic mass is 10.00. The van der Waals surface area contributed by atoms with E-state index < -0.39 is 0 Å². The molecular formula is C11H19N3. The van der Waals surface area contributed by atoms with Crippen molar-refractivity contribution in [2.24, 2.45) is 5.73 Å². The number of nitrogens with two attached hydrogens (primary N) is 1. The molecule has 0 saturated carbocycles. The molecular weight excluding hydrogens is 174 g/mol. The third-order valence-electron chi connectivity index (χ3n) is 2.33. The second-order valence-corrected chi connectivity index (χ2v) is 4.11. The van der Waals surface area contributed by atoms with Gasteiger partial charge in [-0.1, -0.05) is 13.8 Å². The predicted molar refractivity (Wildman–Crippen MR) is 58.2 cm³/mol. The fourth-order valence-electron chi connectivity index (χ4n) is 1.79. The topological polar surface area (TPSA) is 51.8 Å². The predicted octanol–water partition coefficient (Wildman–Crippen LogP) is 2.24. The molecule has 0 amide bonds. The van der Waals surface area contributed by atoms with Crippen LogP contribution in [0.4, 0.5) is 0 Å². The van der Waals surface area contributed by atoms with E-state index in [4.69, 9.17) is 5.73 Å². The molecule has 78 valence electrons. The molecule has 0 aliphatic rings. The molecule has 1 aromatic heterocycles. The lowest BCUT2D eigenvalue weighted by molar-refractivity contribution is 0.706. The van der Waals surface area contributed by atoms with Gasteiger partial charge in [0.2, 0.25) is 0 Å². The first-order valence-electron chi connectivity index (χ1n) is 5.04. The second kappa shape index (κ2) is 4.05. The van der Waals surface area contributed by atoms with Gasteiger partial charge in [0.1, 0.15) is 5.82 Å². The van der Waals surface area contributed by atoms with E-state index in [1.54, 1.807) is 0 Å². The van der Waals surface area contributed by atoms with Gasteiger partial charge in [0.25, 0.3) is 0 Å². The highest BCUT2D eigenvalue weighted by Crippen LogP contribution is 2.21. The van der Waals surface area contributed by atoms with Gasteiger partial charge in [0.15, 0.2) is 0 Å². The Morgan fingerprint density at radius 2 is 1.43 bits per heavy atom. The minimum Gasteiger partial charge on any atom is -0.322 e. The van der Waals surface area contributed by atoms with Gasteiger partial charge in [0, 0.05) is 11.4 Å². The van der Waals surface area contributed by atoms with Gasteiger partial charge in [-0.05, 0) is 32.3 Å². The van der Waals surface area contributed by atoms with Crippen LogP contribution in [-0.4, -0.2) is 9.97 Å². The van der Waals surface area contributed by atoms with E-state index in [2.05, 4.69) is 23.8 Å². The summed E-state index contributed by atoms with van der Waals surface area (Å²) in [5, 5.41) is 0. The fourth-order valence-corrected chi connectivity index (χ4v) is 1.79. The quantitative estimate of drug-likeness (QED) is 0.783. The molecule has 0 saturated heterocycles. The van der Waals surface area contributed by atoms with Crippen LogP contribution in [0.1, 0.15) is 55.5 Å². The van der Waals surface area contributed by atoms with Crippen molar-refractivity contribution in [2.45, 2.75) is 46.6 Å². The zero-order valence-electron chi connectivity index (χ0n) is 9.63. The molecule has 0 aliphatic carbocycles. The number of nitrogens with zero attached hydrogens (tertiary/aromatic N) is 2. The van der Waals surface area contributed by atoms with Crippen molar-refractivity contribution in [3.8, 4) is 0 Å². The summed E-state index contributed by atoms with van der Waals surface area (Å²) >= 11 is 0. The first-order valence-corrected chi connectivity index (χ1v) is 5.04. The molecule has 0 bridgehead atoms. The van der Waals surface area contributed by atoms with E-state index in [0.717, 1.165) is 17.2 Å². The Morgan fingerprint density at radius 1 is 1.00 bits per heavy atom. The zero-order valence-corrected chi connectivity index (χ0v) is 9.63. The highest BCUT2D eigenvalue weighted by molar-refractivity contribution is 5.27. The Labute approximate surface area is 85.8 Å². The molecule has 3 heteroatoms. The molecule has 0 unspecified atom stereocenters. The molecule has 1 heterocycles. The van der Waals surface area contributed by atoms with E-state index in [-0.39, 0.29) is 6.04 Å². The third kappa shape index (κ3) is 2.10. The maximum atomic E-state index is 5.75. The number of hydrogen-bond acceptors (Lipinski definition) is 3. The highest BCUT2D eigenvalue weighted by atomic mass is 14.9. The van der Waals surface area contributed by atoms with E-state index in [0.29, 0.717) is 5.92 Å². The van der Waals surface area contributed by atoms with Crippen LogP contribution in [0, 0.1) is 13.8 Å². The molecule has 3 nitrogen and oxygen atoms in total. The molecule has 0 fully saturated rings. The summed E-state index contributed by atoms with van der Waals surface area (Å²) in [6.45, 7) is 10.3. The Bertz CT molecular complexity index is 306. The van der Waals surface area contributed by atoms with Crippen LogP contribution < -0.4 is 5.73 Å². The summed E-state index contributed by atoms with van der Waals surface area (Å²) in [5.41, 5.74) is 9.11. The number of aromatic nitrogens is 2. The minimum absolute atomic E-state index is 0.0892. The Kier molecular flexibility index (Phi) is 3.21. The Morgan fingerprint density at radius 3 is 1.71 bits per heavy atom. The van der Waals surface area contributed by atoms with Crippen LogP contribution in [0.25, 0.3) is 0 Å². The average molecular weight is 193 g/mol. The summed E-state index contributed by atoms with van der Waals surface area (Å²) in [5.74, 6) is 1.21. The molecule has 0 aromatic carbocycles. The molecule has 1 aromatic rings. The van der Waals surface area contributed by atoms with Gasteiger partial charge < -0.3 is 5.73 Å². The lowest BCUT2D eigenvalue weighted by Gasteiger charge is -2.14. The van der Waals surface area contributed by atoms with Gasteiger partial charge >= 0.3 is 0 Å². The van der Waals surface area contributed by atoms with Crippen molar-refractivity contribution >= 4 is 0 Å². The van der Waals surface area contributed by atoms with Gasteiger partial charge in [-0.15, -0.1) is 0 Å². The van der Waals surface area contributed by atoms with E-state index in [1.165, 1.54) is 5.56 Å². The van der Waals surface area contributed by atoms with E-state index in [1.807, 2.05) is 20.8 Å². The van der Waals surface area contributed by atoms with Crippen molar-refractivity contribution in [1.29, 1.82) is 0 Å².